The maximum atomic E-state index is 6.09. The van der Waals surface area contributed by atoms with Crippen LogP contribution in [0.4, 0.5) is 5.69 Å². The molecule has 0 amide bonds. The number of aromatic nitrogens is 2. The second kappa shape index (κ2) is 4.63. The molecule has 3 rings (SSSR count). The Bertz CT molecular complexity index is 512. The van der Waals surface area contributed by atoms with Crippen molar-refractivity contribution in [3.05, 3.63) is 39.6 Å². The van der Waals surface area contributed by atoms with Crippen LogP contribution in [0.2, 0.25) is 4.34 Å². The summed E-state index contributed by atoms with van der Waals surface area (Å²) in [5, 5.41) is 3.47. The van der Waals surface area contributed by atoms with E-state index in [9.17, 15) is 0 Å². The fourth-order valence-electron chi connectivity index (χ4n) is 2.25. The third-order valence-electron chi connectivity index (χ3n) is 2.99. The van der Waals surface area contributed by atoms with E-state index in [1.165, 1.54) is 16.9 Å². The Labute approximate surface area is 109 Å². The molecule has 1 N–H and O–H groups in total. The van der Waals surface area contributed by atoms with E-state index in [4.69, 9.17) is 11.6 Å². The standard InChI is InChI=1S/C12H12ClN3S/c13-12-4-9-10(2-1-3-11(9)17-12)16-8-5-14-7-15-6-8/h4-7,10,16H,1-3H2. The lowest BCUT2D eigenvalue weighted by Crippen LogP contribution is -2.15. The molecule has 1 atom stereocenters. The first-order chi connectivity index (χ1) is 8.33. The van der Waals surface area contributed by atoms with Gasteiger partial charge in [0.25, 0.3) is 0 Å². The van der Waals surface area contributed by atoms with Crippen LogP contribution in [0.15, 0.2) is 24.8 Å². The number of rotatable bonds is 2. The quantitative estimate of drug-likeness (QED) is 0.900. The maximum absolute atomic E-state index is 6.09. The van der Waals surface area contributed by atoms with Crippen LogP contribution >= 0.6 is 22.9 Å². The summed E-state index contributed by atoms with van der Waals surface area (Å²) in [7, 11) is 0. The molecule has 1 unspecified atom stereocenters. The SMILES string of the molecule is Clc1cc2c(s1)CCCC2Nc1cncnc1. The topological polar surface area (TPSA) is 37.8 Å². The molecule has 0 aliphatic heterocycles. The van der Waals surface area contributed by atoms with E-state index in [-0.39, 0.29) is 0 Å². The van der Waals surface area contributed by atoms with Gasteiger partial charge in [0.05, 0.1) is 28.5 Å². The number of anilines is 1. The van der Waals surface area contributed by atoms with Gasteiger partial charge in [-0.3, -0.25) is 0 Å². The highest BCUT2D eigenvalue weighted by atomic mass is 35.5. The van der Waals surface area contributed by atoms with Gasteiger partial charge in [-0.05, 0) is 30.9 Å². The van der Waals surface area contributed by atoms with E-state index in [0.717, 1.165) is 22.9 Å². The lowest BCUT2D eigenvalue weighted by Gasteiger charge is -2.24. The van der Waals surface area contributed by atoms with Gasteiger partial charge in [0, 0.05) is 4.88 Å². The Hall–Kier alpha value is -1.13. The lowest BCUT2D eigenvalue weighted by molar-refractivity contribution is 0.608. The van der Waals surface area contributed by atoms with Crippen molar-refractivity contribution in [3.63, 3.8) is 0 Å². The number of thiophene rings is 1. The van der Waals surface area contributed by atoms with Crippen LogP contribution in [0.25, 0.3) is 0 Å². The largest absolute Gasteiger partial charge is 0.376 e. The molecule has 17 heavy (non-hydrogen) atoms. The Kier molecular flexibility index (Phi) is 2.99. The Morgan fingerprint density at radius 1 is 1.35 bits per heavy atom. The van der Waals surface area contributed by atoms with E-state index in [1.54, 1.807) is 30.1 Å². The van der Waals surface area contributed by atoms with E-state index >= 15 is 0 Å². The van der Waals surface area contributed by atoms with Crippen LogP contribution in [-0.4, -0.2) is 9.97 Å². The van der Waals surface area contributed by atoms with Crippen molar-refractivity contribution >= 4 is 28.6 Å². The van der Waals surface area contributed by atoms with Crippen molar-refractivity contribution in [1.82, 2.24) is 9.97 Å². The molecule has 0 bridgehead atoms. The molecule has 5 heteroatoms. The highest BCUT2D eigenvalue weighted by Crippen LogP contribution is 2.39. The summed E-state index contributed by atoms with van der Waals surface area (Å²) in [5.41, 5.74) is 2.31. The molecule has 0 fully saturated rings. The minimum Gasteiger partial charge on any atom is -0.376 e. The first kappa shape index (κ1) is 11.0. The number of nitrogens with one attached hydrogen (secondary N) is 1. The van der Waals surface area contributed by atoms with Gasteiger partial charge in [-0.1, -0.05) is 11.6 Å². The molecule has 2 aromatic heterocycles. The highest BCUT2D eigenvalue weighted by molar-refractivity contribution is 7.16. The van der Waals surface area contributed by atoms with Crippen LogP contribution in [0.1, 0.15) is 29.3 Å². The maximum Gasteiger partial charge on any atom is 0.115 e. The van der Waals surface area contributed by atoms with Gasteiger partial charge >= 0.3 is 0 Å². The minimum absolute atomic E-state index is 0.341. The summed E-state index contributed by atoms with van der Waals surface area (Å²) < 4.78 is 0.882. The summed E-state index contributed by atoms with van der Waals surface area (Å²) in [5.74, 6) is 0. The second-order valence-electron chi connectivity index (χ2n) is 4.15. The average Bonchev–Trinajstić information content (AvgIpc) is 2.72. The monoisotopic (exact) mass is 265 g/mol. The van der Waals surface area contributed by atoms with Crippen LogP contribution in [-0.2, 0) is 6.42 Å². The van der Waals surface area contributed by atoms with Crippen LogP contribution in [0.3, 0.4) is 0 Å². The number of hydrogen-bond acceptors (Lipinski definition) is 4. The van der Waals surface area contributed by atoms with Crippen LogP contribution in [0, 0.1) is 0 Å². The molecular formula is C12H12ClN3S. The first-order valence-electron chi connectivity index (χ1n) is 5.62. The number of halogens is 1. The fraction of sp³-hybridized carbons (Fsp3) is 0.333. The predicted molar refractivity (Wildman–Crippen MR) is 70.7 cm³/mol. The van der Waals surface area contributed by atoms with E-state index in [1.807, 2.05) is 0 Å². The van der Waals surface area contributed by atoms with Gasteiger partial charge < -0.3 is 5.32 Å². The molecule has 1 aliphatic rings. The molecular weight excluding hydrogens is 254 g/mol. The molecule has 88 valence electrons. The third-order valence-corrected chi connectivity index (χ3v) is 4.32. The van der Waals surface area contributed by atoms with E-state index in [0.29, 0.717) is 6.04 Å². The molecule has 0 aromatic carbocycles. The van der Waals surface area contributed by atoms with Gasteiger partial charge in [-0.15, -0.1) is 11.3 Å². The molecule has 0 saturated carbocycles. The van der Waals surface area contributed by atoms with Gasteiger partial charge in [0.1, 0.15) is 6.33 Å². The molecule has 3 nitrogen and oxygen atoms in total. The fourth-order valence-corrected chi connectivity index (χ4v) is 3.63. The van der Waals surface area contributed by atoms with Crippen molar-refractivity contribution in [2.24, 2.45) is 0 Å². The van der Waals surface area contributed by atoms with Gasteiger partial charge in [-0.25, -0.2) is 9.97 Å². The Balaban J connectivity index is 1.86. The summed E-state index contributed by atoms with van der Waals surface area (Å²) >= 11 is 7.78. The highest BCUT2D eigenvalue weighted by Gasteiger charge is 2.22. The number of aryl methyl sites for hydroxylation is 1. The van der Waals surface area contributed by atoms with Crippen LogP contribution in [0.5, 0.6) is 0 Å². The summed E-state index contributed by atoms with van der Waals surface area (Å²) in [6, 6.07) is 2.43. The van der Waals surface area contributed by atoms with Crippen molar-refractivity contribution in [3.8, 4) is 0 Å². The molecule has 1 aliphatic carbocycles. The van der Waals surface area contributed by atoms with E-state index in [2.05, 4.69) is 21.4 Å². The Morgan fingerprint density at radius 3 is 3.00 bits per heavy atom. The average molecular weight is 266 g/mol. The number of nitrogens with zero attached hydrogens (tertiary/aromatic N) is 2. The van der Waals surface area contributed by atoms with Gasteiger partial charge in [0.15, 0.2) is 0 Å². The second-order valence-corrected chi connectivity index (χ2v) is 5.91. The predicted octanol–water partition coefficient (Wildman–Crippen LogP) is 3.68. The summed E-state index contributed by atoms with van der Waals surface area (Å²) in [4.78, 5) is 9.44. The van der Waals surface area contributed by atoms with Gasteiger partial charge in [0.2, 0.25) is 0 Å². The van der Waals surface area contributed by atoms with Crippen LogP contribution < -0.4 is 5.32 Å². The van der Waals surface area contributed by atoms with Crippen molar-refractivity contribution < 1.29 is 0 Å². The normalized spacial score (nSPS) is 18.8. The zero-order valence-electron chi connectivity index (χ0n) is 9.19. The molecule has 0 saturated heterocycles. The smallest absolute Gasteiger partial charge is 0.115 e. The summed E-state index contributed by atoms with van der Waals surface area (Å²) in [6.45, 7) is 0. The molecule has 2 aromatic rings. The van der Waals surface area contributed by atoms with E-state index < -0.39 is 0 Å². The van der Waals surface area contributed by atoms with Gasteiger partial charge in [-0.2, -0.15) is 0 Å². The number of fused-ring (bicyclic) bond motifs is 1. The summed E-state index contributed by atoms with van der Waals surface area (Å²) in [6.07, 6.45) is 8.63. The molecule has 0 radical (unpaired) electrons. The minimum atomic E-state index is 0.341. The number of hydrogen-bond donors (Lipinski definition) is 1. The van der Waals surface area contributed by atoms with Crippen molar-refractivity contribution in [2.45, 2.75) is 25.3 Å². The van der Waals surface area contributed by atoms with Crippen molar-refractivity contribution in [1.29, 1.82) is 0 Å². The molecule has 2 heterocycles. The zero-order valence-corrected chi connectivity index (χ0v) is 10.8. The molecule has 0 spiro atoms. The van der Waals surface area contributed by atoms with Crippen molar-refractivity contribution in [2.75, 3.05) is 5.32 Å². The lowest BCUT2D eigenvalue weighted by atomic mass is 9.94. The zero-order chi connectivity index (χ0) is 11.7. The third kappa shape index (κ3) is 2.28. The Morgan fingerprint density at radius 2 is 2.18 bits per heavy atom. The first-order valence-corrected chi connectivity index (χ1v) is 6.82.